The Morgan fingerprint density at radius 1 is 1.14 bits per heavy atom. The van der Waals surface area contributed by atoms with E-state index >= 15 is 0 Å². The molecule has 2 rings (SSSR count). The maximum absolute atomic E-state index is 12.8. The van der Waals surface area contributed by atoms with Crippen LogP contribution in [0, 0.1) is 0 Å². The molecule has 156 valence electrons. The maximum atomic E-state index is 12.8. The fourth-order valence-electron chi connectivity index (χ4n) is 2.34. The number of hydrogen-bond acceptors (Lipinski definition) is 6. The zero-order chi connectivity index (χ0) is 21.6. The van der Waals surface area contributed by atoms with Gasteiger partial charge in [0.2, 0.25) is 0 Å². The first kappa shape index (κ1) is 22.5. The summed E-state index contributed by atoms with van der Waals surface area (Å²) in [6.07, 6.45) is -0.312. The highest BCUT2D eigenvalue weighted by molar-refractivity contribution is 7.92. The Morgan fingerprint density at radius 2 is 1.83 bits per heavy atom. The van der Waals surface area contributed by atoms with Crippen LogP contribution in [-0.2, 0) is 19.6 Å². The summed E-state index contributed by atoms with van der Waals surface area (Å²) in [4.78, 5) is 23.6. The Bertz CT molecular complexity index is 1010. The molecule has 1 amide bonds. The number of hydrogen-bond donors (Lipinski definition) is 2. The molecule has 0 spiro atoms. The van der Waals surface area contributed by atoms with Crippen molar-refractivity contribution in [2.45, 2.75) is 24.8 Å². The van der Waals surface area contributed by atoms with Gasteiger partial charge in [-0.25, -0.2) is 8.42 Å². The first-order valence-corrected chi connectivity index (χ1v) is 10.4. The van der Waals surface area contributed by atoms with Gasteiger partial charge in [0.05, 0.1) is 23.9 Å². The van der Waals surface area contributed by atoms with Gasteiger partial charge in [-0.15, -0.1) is 0 Å². The third kappa shape index (κ3) is 6.10. The molecule has 0 aliphatic carbocycles. The van der Waals surface area contributed by atoms with Crippen molar-refractivity contribution >= 4 is 39.2 Å². The summed E-state index contributed by atoms with van der Waals surface area (Å²) in [6, 6.07) is 10.2. The van der Waals surface area contributed by atoms with Crippen molar-refractivity contribution in [3.63, 3.8) is 0 Å². The molecular formula is C19H21ClN2O6S. The van der Waals surface area contributed by atoms with E-state index in [-0.39, 0.29) is 33.8 Å². The van der Waals surface area contributed by atoms with Gasteiger partial charge < -0.3 is 14.8 Å². The van der Waals surface area contributed by atoms with Crippen molar-refractivity contribution in [1.29, 1.82) is 0 Å². The second kappa shape index (κ2) is 9.62. The first-order valence-electron chi connectivity index (χ1n) is 8.57. The molecule has 0 heterocycles. The highest BCUT2D eigenvalue weighted by Crippen LogP contribution is 2.29. The van der Waals surface area contributed by atoms with E-state index in [1.54, 1.807) is 32.0 Å². The van der Waals surface area contributed by atoms with E-state index in [0.29, 0.717) is 5.75 Å². The highest BCUT2D eigenvalue weighted by Gasteiger charge is 2.22. The second-order valence-electron chi connectivity index (χ2n) is 6.17. The highest BCUT2D eigenvalue weighted by atomic mass is 35.5. The summed E-state index contributed by atoms with van der Waals surface area (Å²) in [5.41, 5.74) is 0.240. The molecule has 2 aromatic carbocycles. The first-order chi connectivity index (χ1) is 13.6. The number of rotatable bonds is 8. The molecule has 0 aliphatic heterocycles. The number of halogens is 1. The van der Waals surface area contributed by atoms with Gasteiger partial charge in [0, 0.05) is 5.56 Å². The Labute approximate surface area is 174 Å². The Morgan fingerprint density at radius 3 is 2.48 bits per heavy atom. The lowest BCUT2D eigenvalue weighted by Gasteiger charge is -2.13. The number of benzene rings is 2. The summed E-state index contributed by atoms with van der Waals surface area (Å²) < 4.78 is 38.0. The van der Waals surface area contributed by atoms with Gasteiger partial charge in [0.15, 0.2) is 0 Å². The number of anilines is 1. The lowest BCUT2D eigenvalue weighted by Crippen LogP contribution is -2.31. The molecule has 0 aliphatic rings. The average Bonchev–Trinajstić information content (AvgIpc) is 2.66. The Kier molecular flexibility index (Phi) is 7.46. The number of sulfonamides is 1. The van der Waals surface area contributed by atoms with Crippen LogP contribution in [0.5, 0.6) is 5.75 Å². The Balaban J connectivity index is 2.23. The lowest BCUT2D eigenvalue weighted by atomic mass is 10.2. The van der Waals surface area contributed by atoms with Crippen molar-refractivity contribution in [2.24, 2.45) is 0 Å². The van der Waals surface area contributed by atoms with Crippen molar-refractivity contribution in [1.82, 2.24) is 5.32 Å². The molecule has 29 heavy (non-hydrogen) atoms. The van der Waals surface area contributed by atoms with Crippen LogP contribution in [0.25, 0.3) is 0 Å². The number of carbonyl (C=O) groups excluding carboxylic acids is 2. The molecule has 2 aromatic rings. The predicted octanol–water partition coefficient (Wildman–Crippen LogP) is 2.83. The zero-order valence-corrected chi connectivity index (χ0v) is 17.6. The number of para-hydroxylation sites is 2. The van der Waals surface area contributed by atoms with Gasteiger partial charge in [-0.05, 0) is 44.2 Å². The van der Waals surface area contributed by atoms with Crippen molar-refractivity contribution < 1.29 is 27.5 Å². The number of amides is 1. The van der Waals surface area contributed by atoms with Gasteiger partial charge in [0.25, 0.3) is 15.9 Å². The smallest absolute Gasteiger partial charge is 0.325 e. The summed E-state index contributed by atoms with van der Waals surface area (Å²) in [5, 5.41) is 2.31. The van der Waals surface area contributed by atoms with E-state index < -0.39 is 21.9 Å². The van der Waals surface area contributed by atoms with E-state index in [1.807, 2.05) is 0 Å². The predicted molar refractivity (Wildman–Crippen MR) is 109 cm³/mol. The minimum atomic E-state index is -4.11. The summed E-state index contributed by atoms with van der Waals surface area (Å²) in [5.74, 6) is -0.922. The Hall–Kier alpha value is -2.78. The molecule has 0 saturated carbocycles. The van der Waals surface area contributed by atoms with Gasteiger partial charge in [0.1, 0.15) is 17.2 Å². The van der Waals surface area contributed by atoms with E-state index in [9.17, 15) is 18.0 Å². The normalized spacial score (nSPS) is 11.1. The van der Waals surface area contributed by atoms with Crippen LogP contribution in [0.1, 0.15) is 24.2 Å². The van der Waals surface area contributed by atoms with Gasteiger partial charge in [-0.1, -0.05) is 23.7 Å². The molecule has 0 radical (unpaired) electrons. The number of ether oxygens (including phenoxy) is 2. The van der Waals surface area contributed by atoms with Crippen molar-refractivity contribution in [3.8, 4) is 5.75 Å². The van der Waals surface area contributed by atoms with E-state index in [1.165, 1.54) is 25.3 Å². The molecule has 0 atom stereocenters. The second-order valence-corrected chi connectivity index (χ2v) is 8.23. The number of esters is 1. The SMILES string of the molecule is COc1ccccc1NS(=O)(=O)c1cc(C(=O)NCC(=O)OC(C)C)ccc1Cl. The van der Waals surface area contributed by atoms with Crippen LogP contribution in [-0.4, -0.2) is 40.1 Å². The van der Waals surface area contributed by atoms with Gasteiger partial charge in [-0.3, -0.25) is 14.3 Å². The standard InChI is InChI=1S/C19H21ClN2O6S/c1-12(2)28-18(23)11-21-19(24)13-8-9-14(20)17(10-13)29(25,26)22-15-6-4-5-7-16(15)27-3/h4-10,12,22H,11H2,1-3H3,(H,21,24). The summed E-state index contributed by atoms with van der Waals surface area (Å²) in [7, 11) is -2.70. The van der Waals surface area contributed by atoms with E-state index in [2.05, 4.69) is 10.0 Å². The lowest BCUT2D eigenvalue weighted by molar-refractivity contribution is -0.146. The monoisotopic (exact) mass is 440 g/mol. The number of carbonyl (C=O) groups is 2. The molecule has 0 aromatic heterocycles. The number of nitrogens with one attached hydrogen (secondary N) is 2. The molecule has 10 heteroatoms. The zero-order valence-electron chi connectivity index (χ0n) is 16.1. The van der Waals surface area contributed by atoms with Crippen LogP contribution in [0.3, 0.4) is 0 Å². The maximum Gasteiger partial charge on any atom is 0.325 e. The molecule has 0 unspecified atom stereocenters. The minimum absolute atomic E-state index is 0.0205. The van der Waals surface area contributed by atoms with Crippen LogP contribution < -0.4 is 14.8 Å². The molecule has 0 fully saturated rings. The average molecular weight is 441 g/mol. The molecule has 0 saturated heterocycles. The molecular weight excluding hydrogens is 420 g/mol. The fraction of sp³-hybridized carbons (Fsp3) is 0.263. The topological polar surface area (TPSA) is 111 Å². The van der Waals surface area contributed by atoms with E-state index in [4.69, 9.17) is 21.1 Å². The largest absolute Gasteiger partial charge is 0.495 e. The number of methoxy groups -OCH3 is 1. The molecule has 2 N–H and O–H groups in total. The van der Waals surface area contributed by atoms with Crippen LogP contribution in [0.4, 0.5) is 5.69 Å². The molecule has 8 nitrogen and oxygen atoms in total. The van der Waals surface area contributed by atoms with Crippen LogP contribution >= 0.6 is 11.6 Å². The summed E-state index contributed by atoms with van der Waals surface area (Å²) in [6.45, 7) is 3.02. The minimum Gasteiger partial charge on any atom is -0.495 e. The third-order valence-electron chi connectivity index (χ3n) is 3.59. The fourth-order valence-corrected chi connectivity index (χ4v) is 3.94. The van der Waals surface area contributed by atoms with Gasteiger partial charge >= 0.3 is 5.97 Å². The van der Waals surface area contributed by atoms with Crippen LogP contribution in [0.2, 0.25) is 5.02 Å². The summed E-state index contributed by atoms with van der Waals surface area (Å²) >= 11 is 6.05. The van der Waals surface area contributed by atoms with E-state index in [0.717, 1.165) is 6.07 Å². The molecule has 0 bridgehead atoms. The van der Waals surface area contributed by atoms with Crippen molar-refractivity contribution in [2.75, 3.05) is 18.4 Å². The van der Waals surface area contributed by atoms with Gasteiger partial charge in [-0.2, -0.15) is 0 Å². The van der Waals surface area contributed by atoms with Crippen molar-refractivity contribution in [3.05, 3.63) is 53.1 Å². The quantitative estimate of drug-likeness (QED) is 0.610. The van der Waals surface area contributed by atoms with Crippen LogP contribution in [0.15, 0.2) is 47.4 Å². The third-order valence-corrected chi connectivity index (χ3v) is 5.44.